The van der Waals surface area contributed by atoms with E-state index in [9.17, 15) is 0 Å². The quantitative estimate of drug-likeness (QED) is 0.275. The zero-order chi connectivity index (χ0) is 24.8. The van der Waals surface area contributed by atoms with Crippen LogP contribution < -0.4 is 0 Å². The Morgan fingerprint density at radius 2 is 0.688 bits per heavy atom. The van der Waals surface area contributed by atoms with E-state index in [1.807, 2.05) is 88.9 Å². The molecule has 0 spiro atoms. The summed E-state index contributed by atoms with van der Waals surface area (Å²) < 4.78 is 0. The summed E-state index contributed by atoms with van der Waals surface area (Å²) in [6, 6.07) is 20.4. The van der Waals surface area contributed by atoms with Crippen molar-refractivity contribution in [3.63, 3.8) is 0 Å². The molecule has 0 amide bonds. The number of nitrogens with zero attached hydrogens (tertiary/aromatic N) is 2. The Kier molecular flexibility index (Phi) is 21.1. The van der Waals surface area contributed by atoms with Crippen molar-refractivity contribution in [3.05, 3.63) is 85.5 Å². The van der Waals surface area contributed by atoms with Gasteiger partial charge in [-0.15, -0.1) is 0 Å². The maximum Gasteiger partial charge on any atom is 0.0346 e. The van der Waals surface area contributed by atoms with Crippen molar-refractivity contribution < 1.29 is 0 Å². The van der Waals surface area contributed by atoms with Crippen molar-refractivity contribution in [2.75, 3.05) is 0 Å². The molecular weight excluding hydrogens is 388 g/mol. The fourth-order valence-electron chi connectivity index (χ4n) is 2.05. The summed E-state index contributed by atoms with van der Waals surface area (Å²) in [6.45, 7) is 21.0. The van der Waals surface area contributed by atoms with Gasteiger partial charge in [-0.3, -0.25) is 9.97 Å². The van der Waals surface area contributed by atoms with Crippen molar-refractivity contribution in [1.82, 2.24) is 9.97 Å². The maximum absolute atomic E-state index is 4.01. The van der Waals surface area contributed by atoms with Crippen molar-refractivity contribution in [3.8, 4) is 0 Å². The number of pyridine rings is 2. The van der Waals surface area contributed by atoms with Gasteiger partial charge in [0.25, 0.3) is 0 Å². The zero-order valence-corrected chi connectivity index (χ0v) is 22.1. The monoisotopic (exact) mass is 434 g/mol. The lowest BCUT2D eigenvalue weighted by Gasteiger charge is -1.91. The van der Waals surface area contributed by atoms with Gasteiger partial charge in [0.1, 0.15) is 0 Å². The molecule has 0 atom stereocenters. The molecule has 0 unspecified atom stereocenters. The molecule has 4 rings (SSSR count). The third-order valence-corrected chi connectivity index (χ3v) is 3.10. The molecule has 4 aromatic rings. The van der Waals surface area contributed by atoms with Crippen molar-refractivity contribution in [2.24, 2.45) is 11.8 Å². The van der Waals surface area contributed by atoms with Gasteiger partial charge in [0, 0.05) is 24.8 Å². The van der Waals surface area contributed by atoms with Gasteiger partial charge >= 0.3 is 0 Å². The maximum atomic E-state index is 4.01. The molecule has 2 aromatic carbocycles. The van der Waals surface area contributed by atoms with Crippen LogP contribution in [-0.4, -0.2) is 9.97 Å². The highest BCUT2D eigenvalue weighted by Crippen LogP contribution is 2.10. The van der Waals surface area contributed by atoms with Crippen LogP contribution in [0.3, 0.4) is 0 Å². The van der Waals surface area contributed by atoms with Gasteiger partial charge in [-0.1, -0.05) is 118 Å². The Morgan fingerprint density at radius 3 is 0.938 bits per heavy atom. The summed E-state index contributed by atoms with van der Waals surface area (Å²) in [6.07, 6.45) is 7.36. The molecule has 0 saturated carbocycles. The van der Waals surface area contributed by atoms with Gasteiger partial charge in [0.2, 0.25) is 0 Å². The molecule has 0 bridgehead atoms. The second-order valence-electron chi connectivity index (χ2n) is 7.91. The summed E-state index contributed by atoms with van der Waals surface area (Å²) in [5.74, 6) is 1.67. The molecular formula is C30H46N2. The number of hydrogen-bond donors (Lipinski definition) is 0. The number of fused-ring (bicyclic) bond motifs is 2. The molecule has 0 aliphatic carbocycles. The first-order valence-electron chi connectivity index (χ1n) is 12.0. The van der Waals surface area contributed by atoms with Crippen LogP contribution in [0.2, 0.25) is 0 Å². The van der Waals surface area contributed by atoms with E-state index in [4.69, 9.17) is 0 Å². The predicted octanol–water partition coefficient (Wildman–Crippen LogP) is 9.85. The largest absolute Gasteiger partial charge is 0.264 e. The molecule has 2 aromatic heterocycles. The first-order valence-corrected chi connectivity index (χ1v) is 12.0. The van der Waals surface area contributed by atoms with E-state index < -0.39 is 0 Å². The van der Waals surface area contributed by atoms with Crippen molar-refractivity contribution >= 4 is 21.5 Å². The normalized spacial score (nSPS) is 8.88. The van der Waals surface area contributed by atoms with Gasteiger partial charge < -0.3 is 0 Å². The zero-order valence-electron chi connectivity index (χ0n) is 22.1. The van der Waals surface area contributed by atoms with Crippen LogP contribution in [0.1, 0.15) is 69.2 Å². The van der Waals surface area contributed by atoms with Gasteiger partial charge in [-0.25, -0.2) is 0 Å². The molecule has 0 radical (unpaired) electrons. The second-order valence-corrected chi connectivity index (χ2v) is 7.91. The highest BCUT2D eigenvalue weighted by molar-refractivity contribution is 5.81. The molecule has 2 nitrogen and oxygen atoms in total. The Labute approximate surface area is 198 Å². The summed E-state index contributed by atoms with van der Waals surface area (Å²) >= 11 is 0. The minimum Gasteiger partial charge on any atom is -0.264 e. The molecule has 0 N–H and O–H groups in total. The summed E-state index contributed by atoms with van der Waals surface area (Å²) in [4.78, 5) is 8.03. The fraction of sp³-hybridized carbons (Fsp3) is 0.400. The lowest BCUT2D eigenvalue weighted by Crippen LogP contribution is -1.71. The van der Waals surface area contributed by atoms with Crippen LogP contribution in [0.5, 0.6) is 0 Å². The van der Waals surface area contributed by atoms with E-state index in [0.29, 0.717) is 0 Å². The lowest BCUT2D eigenvalue weighted by molar-refractivity contribution is 0.736. The van der Waals surface area contributed by atoms with Crippen LogP contribution in [0.25, 0.3) is 21.5 Å². The van der Waals surface area contributed by atoms with Crippen molar-refractivity contribution in [1.29, 1.82) is 0 Å². The molecule has 2 heteroatoms. The molecule has 0 aliphatic heterocycles. The standard InChI is InChI=1S/2C9H7N.2C4H10.2C2H6/c2*1-2-4-9-7-10-6-5-8(9)3-1;2*1-4(2)3;2*1-2/h2*1-7H;2*4H,1-3H3;2*1-2H3. The van der Waals surface area contributed by atoms with Crippen LogP contribution in [-0.2, 0) is 0 Å². The molecule has 2 heterocycles. The van der Waals surface area contributed by atoms with Crippen LogP contribution in [0.4, 0.5) is 0 Å². The Bertz CT molecular complexity index is 700. The average molecular weight is 435 g/mol. The van der Waals surface area contributed by atoms with Gasteiger partial charge in [0.15, 0.2) is 0 Å². The van der Waals surface area contributed by atoms with Crippen LogP contribution in [0.15, 0.2) is 85.5 Å². The molecule has 32 heavy (non-hydrogen) atoms. The van der Waals surface area contributed by atoms with Gasteiger partial charge in [-0.2, -0.15) is 0 Å². The smallest absolute Gasteiger partial charge is 0.0346 e. The number of hydrogen-bond acceptors (Lipinski definition) is 2. The van der Waals surface area contributed by atoms with Gasteiger partial charge in [0.05, 0.1) is 0 Å². The first kappa shape index (κ1) is 31.4. The average Bonchev–Trinajstić information content (AvgIpc) is 2.82. The van der Waals surface area contributed by atoms with E-state index in [-0.39, 0.29) is 0 Å². The van der Waals surface area contributed by atoms with Crippen LogP contribution >= 0.6 is 0 Å². The number of rotatable bonds is 0. The Balaban J connectivity index is 0. The molecule has 0 saturated heterocycles. The summed E-state index contributed by atoms with van der Waals surface area (Å²) in [7, 11) is 0. The number of benzene rings is 2. The van der Waals surface area contributed by atoms with E-state index in [0.717, 1.165) is 11.8 Å². The fourth-order valence-corrected chi connectivity index (χ4v) is 2.05. The summed E-state index contributed by atoms with van der Waals surface area (Å²) in [5, 5.41) is 4.89. The highest BCUT2D eigenvalue weighted by Gasteiger charge is 1.87. The van der Waals surface area contributed by atoms with Crippen molar-refractivity contribution in [2.45, 2.75) is 69.2 Å². The first-order chi connectivity index (χ1) is 15.4. The molecule has 0 aliphatic rings. The molecule has 0 fully saturated rings. The van der Waals surface area contributed by atoms with E-state index in [2.05, 4.69) is 75.8 Å². The number of aromatic nitrogens is 2. The summed E-state index contributed by atoms with van der Waals surface area (Å²) in [5.41, 5.74) is 0. The van der Waals surface area contributed by atoms with E-state index in [1.165, 1.54) is 21.5 Å². The van der Waals surface area contributed by atoms with Crippen LogP contribution in [0, 0.1) is 11.8 Å². The van der Waals surface area contributed by atoms with E-state index in [1.54, 1.807) is 0 Å². The topological polar surface area (TPSA) is 25.8 Å². The second kappa shape index (κ2) is 21.5. The molecule has 176 valence electrons. The lowest BCUT2D eigenvalue weighted by atomic mass is 10.2. The Morgan fingerprint density at radius 1 is 0.438 bits per heavy atom. The third-order valence-electron chi connectivity index (χ3n) is 3.10. The predicted molar refractivity (Wildman–Crippen MR) is 147 cm³/mol. The third kappa shape index (κ3) is 17.0. The van der Waals surface area contributed by atoms with E-state index >= 15 is 0 Å². The highest BCUT2D eigenvalue weighted by atomic mass is 14.6. The minimum atomic E-state index is 0.833. The SMILES string of the molecule is CC.CC.CC(C)C.CC(C)C.c1ccc2cnccc2c1.c1ccc2cnccc2c1. The van der Waals surface area contributed by atoms with Gasteiger partial charge in [-0.05, 0) is 45.5 Å². The Hall–Kier alpha value is -2.74. The minimum absolute atomic E-state index is 0.833.